The van der Waals surface area contributed by atoms with Crippen LogP contribution in [-0.4, -0.2) is 59.3 Å². The van der Waals surface area contributed by atoms with E-state index in [1.165, 1.54) is 38.4 Å². The highest BCUT2D eigenvalue weighted by Crippen LogP contribution is 2.49. The van der Waals surface area contributed by atoms with Gasteiger partial charge in [-0.3, -0.25) is 4.79 Å². The zero-order valence-corrected chi connectivity index (χ0v) is 19.9. The van der Waals surface area contributed by atoms with Crippen molar-refractivity contribution in [3.63, 3.8) is 0 Å². The van der Waals surface area contributed by atoms with E-state index in [4.69, 9.17) is 19.9 Å². The van der Waals surface area contributed by atoms with Crippen molar-refractivity contribution in [1.29, 1.82) is 0 Å². The lowest BCUT2D eigenvalue weighted by atomic mass is 9.72. The van der Waals surface area contributed by atoms with E-state index in [-0.39, 0.29) is 42.8 Å². The second-order valence-electron chi connectivity index (χ2n) is 9.24. The lowest BCUT2D eigenvalue weighted by Gasteiger charge is -2.42. The summed E-state index contributed by atoms with van der Waals surface area (Å²) in [7, 11) is 0. The van der Waals surface area contributed by atoms with Crippen LogP contribution in [0.1, 0.15) is 42.4 Å². The quantitative estimate of drug-likeness (QED) is 0.428. The fourth-order valence-electron chi connectivity index (χ4n) is 4.63. The van der Waals surface area contributed by atoms with Gasteiger partial charge in [0.05, 0.1) is 24.9 Å². The summed E-state index contributed by atoms with van der Waals surface area (Å²) in [5, 5.41) is 0. The number of ether oxygens (including phenoxy) is 3. The second kappa shape index (κ2) is 9.64. The topological polar surface area (TPSA) is 109 Å². The minimum absolute atomic E-state index is 0.0102. The normalized spacial score (nSPS) is 26.5. The molecule has 0 bridgehead atoms. The van der Waals surface area contributed by atoms with E-state index < -0.39 is 47.4 Å². The molecule has 4 rings (SSSR count). The van der Waals surface area contributed by atoms with Crippen LogP contribution in [-0.2, 0) is 21.4 Å². The number of halogens is 4. The molecule has 0 spiro atoms. The number of carbonyl (C=O) groups is 1. The zero-order valence-electron chi connectivity index (χ0n) is 19.9. The molecule has 0 saturated carbocycles. The van der Waals surface area contributed by atoms with Crippen LogP contribution in [0, 0.1) is 11.7 Å². The molecule has 0 unspecified atom stereocenters. The van der Waals surface area contributed by atoms with Crippen LogP contribution >= 0.6 is 0 Å². The molecule has 1 aromatic carbocycles. The van der Waals surface area contributed by atoms with Crippen LogP contribution in [0.5, 0.6) is 5.88 Å². The molecule has 1 fully saturated rings. The maximum atomic E-state index is 15.1. The number of amidine groups is 1. The van der Waals surface area contributed by atoms with Crippen LogP contribution in [0.15, 0.2) is 35.6 Å². The molecule has 2 aromatic rings. The Morgan fingerprint density at radius 1 is 1.33 bits per heavy atom. The number of hydrogen-bond acceptors (Lipinski definition) is 8. The highest BCUT2D eigenvalue weighted by Gasteiger charge is 2.60. The lowest BCUT2D eigenvalue weighted by Crippen LogP contribution is -2.53. The maximum Gasteiger partial charge on any atom is 0.283 e. The molecule has 12 heteroatoms. The first-order chi connectivity index (χ1) is 16.9. The number of carbonyl (C=O) groups excluding carboxylic acids is 1. The van der Waals surface area contributed by atoms with E-state index in [1.54, 1.807) is 0 Å². The first-order valence-corrected chi connectivity index (χ1v) is 11.3. The summed E-state index contributed by atoms with van der Waals surface area (Å²) in [6.45, 7) is 3.21. The molecule has 36 heavy (non-hydrogen) atoms. The minimum Gasteiger partial charge on any atom is -0.473 e. The molecule has 0 amide bonds. The van der Waals surface area contributed by atoms with Crippen molar-refractivity contribution < 1.29 is 36.6 Å². The number of alkyl halides is 3. The van der Waals surface area contributed by atoms with Gasteiger partial charge in [0, 0.05) is 18.9 Å². The van der Waals surface area contributed by atoms with E-state index in [2.05, 4.69) is 15.0 Å². The number of aromatic nitrogens is 2. The Labute approximate surface area is 204 Å². The maximum absolute atomic E-state index is 15.1. The smallest absolute Gasteiger partial charge is 0.283 e. The van der Waals surface area contributed by atoms with Crippen molar-refractivity contribution >= 4 is 11.8 Å². The minimum atomic E-state index is -3.24. The highest BCUT2D eigenvalue weighted by atomic mass is 19.3. The van der Waals surface area contributed by atoms with Crippen LogP contribution in [0.25, 0.3) is 0 Å². The predicted octanol–water partition coefficient (Wildman–Crippen LogP) is 3.38. The molecular formula is C24H26F4N4O4. The number of aliphatic imine (C=N–C) groups is 1. The fourth-order valence-corrected chi connectivity index (χ4v) is 4.63. The Hall–Kier alpha value is -3.28. The number of rotatable bonds is 8. The van der Waals surface area contributed by atoms with E-state index in [1.807, 2.05) is 0 Å². The van der Waals surface area contributed by atoms with Crippen LogP contribution in [0.3, 0.4) is 0 Å². The van der Waals surface area contributed by atoms with Crippen molar-refractivity contribution in [1.82, 2.24) is 9.97 Å². The van der Waals surface area contributed by atoms with Crippen molar-refractivity contribution in [3.05, 3.63) is 53.2 Å². The largest absolute Gasteiger partial charge is 0.473 e. The molecule has 0 radical (unpaired) electrons. The first kappa shape index (κ1) is 25.8. The molecule has 1 saturated heterocycles. The van der Waals surface area contributed by atoms with Crippen LogP contribution < -0.4 is 10.5 Å². The van der Waals surface area contributed by atoms with Gasteiger partial charge < -0.3 is 19.9 Å². The van der Waals surface area contributed by atoms with Gasteiger partial charge in [0.2, 0.25) is 5.88 Å². The summed E-state index contributed by atoms with van der Waals surface area (Å²) < 4.78 is 72.6. The molecule has 3 heterocycles. The Balaban J connectivity index is 1.61. The summed E-state index contributed by atoms with van der Waals surface area (Å²) >= 11 is 0. The molecule has 2 N–H and O–H groups in total. The van der Waals surface area contributed by atoms with E-state index in [0.29, 0.717) is 5.56 Å². The predicted molar refractivity (Wildman–Crippen MR) is 120 cm³/mol. The third-order valence-corrected chi connectivity index (χ3v) is 6.25. The lowest BCUT2D eigenvalue weighted by molar-refractivity contribution is -0.126. The monoisotopic (exact) mass is 510 g/mol. The Bertz CT molecular complexity index is 1160. The van der Waals surface area contributed by atoms with Gasteiger partial charge >= 0.3 is 0 Å². The average molecular weight is 510 g/mol. The van der Waals surface area contributed by atoms with E-state index in [0.717, 1.165) is 13.0 Å². The van der Waals surface area contributed by atoms with Crippen molar-refractivity contribution in [2.75, 3.05) is 13.2 Å². The molecule has 2 aliphatic heterocycles. The third-order valence-electron chi connectivity index (χ3n) is 6.25. The average Bonchev–Trinajstić information content (AvgIpc) is 3.24. The van der Waals surface area contributed by atoms with Gasteiger partial charge in [-0.05, 0) is 31.5 Å². The number of Topliss-reactive ketones (excluding diaryl/α,β-unsaturated/α-hetero) is 1. The molecule has 5 atom stereocenters. The summed E-state index contributed by atoms with van der Waals surface area (Å²) in [4.78, 5) is 25.0. The van der Waals surface area contributed by atoms with Gasteiger partial charge in [-0.15, -0.1) is 0 Å². The number of nitrogens with two attached hydrogens (primary N) is 1. The van der Waals surface area contributed by atoms with Crippen LogP contribution in [0.2, 0.25) is 0 Å². The Kier molecular flexibility index (Phi) is 6.91. The van der Waals surface area contributed by atoms with E-state index in [9.17, 15) is 18.0 Å². The van der Waals surface area contributed by atoms with Crippen LogP contribution in [0.4, 0.5) is 17.6 Å². The number of hydrogen-bond donors (Lipinski definition) is 1. The number of benzene rings is 1. The number of ketones is 1. The standard InChI is InChI=1S/C24H26F4N4O4/c1-12(25)10-34-19-9-30-16(8-31-19)17(33)7-13-4-5-15(26)14(6-13)23(2)20-18(36-22(29)32-23)11-35-21(20)24(3,27)28/h4-6,8-9,12,18,20-21H,7,10-11H2,1-3H3,(H2,29,32)/t12-,18-,20-,21-,23-/m1/s1. The Morgan fingerprint density at radius 3 is 2.72 bits per heavy atom. The van der Waals surface area contributed by atoms with Gasteiger partial charge in [-0.2, -0.15) is 0 Å². The van der Waals surface area contributed by atoms with Gasteiger partial charge in [0.25, 0.3) is 11.9 Å². The SMILES string of the molecule is C[C@@H](F)COc1cnc(C(=O)Cc2ccc(F)c([C@@]3(C)N=C(N)O[C@@H]4CO[C@@H](C(C)(F)F)[C@@H]43)c2)cn1. The molecule has 8 nitrogen and oxygen atoms in total. The molecule has 0 aliphatic carbocycles. The first-order valence-electron chi connectivity index (χ1n) is 11.3. The Morgan fingerprint density at radius 2 is 2.08 bits per heavy atom. The zero-order chi connectivity index (χ0) is 26.3. The summed E-state index contributed by atoms with van der Waals surface area (Å²) in [6, 6.07) is 3.70. The molecule has 2 aliphatic rings. The van der Waals surface area contributed by atoms with Crippen molar-refractivity contribution in [2.45, 2.75) is 57.0 Å². The fraction of sp³-hybridized carbons (Fsp3) is 0.500. The summed E-state index contributed by atoms with van der Waals surface area (Å²) in [6.07, 6.45) is -1.38. The van der Waals surface area contributed by atoms with Gasteiger partial charge in [0.1, 0.15) is 42.0 Å². The van der Waals surface area contributed by atoms with Crippen molar-refractivity contribution in [3.8, 4) is 5.88 Å². The highest BCUT2D eigenvalue weighted by molar-refractivity contribution is 5.95. The van der Waals surface area contributed by atoms with E-state index >= 15 is 4.39 Å². The van der Waals surface area contributed by atoms with Gasteiger partial charge in [-0.25, -0.2) is 32.5 Å². The number of fused-ring (bicyclic) bond motifs is 1. The summed E-state index contributed by atoms with van der Waals surface area (Å²) in [5.41, 5.74) is 4.69. The number of nitrogens with zero attached hydrogens (tertiary/aromatic N) is 3. The molecule has 1 aromatic heterocycles. The third kappa shape index (κ3) is 5.13. The molecule has 194 valence electrons. The summed E-state index contributed by atoms with van der Waals surface area (Å²) in [5.74, 6) is -5.33. The van der Waals surface area contributed by atoms with Gasteiger partial charge in [-0.1, -0.05) is 6.07 Å². The molecular weight excluding hydrogens is 484 g/mol. The second-order valence-corrected chi connectivity index (χ2v) is 9.24. The van der Waals surface area contributed by atoms with Crippen molar-refractivity contribution in [2.24, 2.45) is 16.6 Å². The van der Waals surface area contributed by atoms with Gasteiger partial charge in [0.15, 0.2) is 5.78 Å².